The van der Waals surface area contributed by atoms with Crippen LogP contribution in [-0.4, -0.2) is 31.9 Å². The Hall–Kier alpha value is -7.84. The largest absolute Gasteiger partial charge is 0.505 e. The Bertz CT molecular complexity index is 4180. The highest BCUT2D eigenvalue weighted by Crippen LogP contribution is 2.51. The number of aromatic nitrogens is 2. The minimum absolute atomic E-state index is 0.00309. The van der Waals surface area contributed by atoms with Crippen LogP contribution in [0.3, 0.4) is 0 Å². The maximum absolute atomic E-state index is 15.9. The Balaban J connectivity index is 1.03. The van der Waals surface area contributed by atoms with Crippen molar-refractivity contribution < 1.29 is 27.8 Å². The molecule has 0 spiro atoms. The van der Waals surface area contributed by atoms with Crippen molar-refractivity contribution in [2.45, 2.75) is 217 Å². The Morgan fingerprint density at radius 3 is 0.915 bits per heavy atom. The Morgan fingerprint density at radius 2 is 0.649 bits per heavy atom. The van der Waals surface area contributed by atoms with Crippen LogP contribution in [0.25, 0.3) is 77.2 Å². The number of nitrogens with zero attached hydrogens (tertiary/aromatic N) is 2. The number of aromatic hydroxyl groups is 2. The van der Waals surface area contributed by atoms with Gasteiger partial charge in [-0.05, 0) is 193 Å². The summed E-state index contributed by atoms with van der Waals surface area (Å²) in [7, 11) is 0. The van der Waals surface area contributed by atoms with E-state index in [1.807, 2.05) is 12.1 Å². The highest BCUT2D eigenvalue weighted by Gasteiger charge is 2.35. The van der Waals surface area contributed by atoms with Crippen LogP contribution in [0.5, 0.6) is 23.0 Å². The molecule has 8 aromatic carbocycles. The molecule has 0 aliphatic heterocycles. The lowest BCUT2D eigenvalue weighted by molar-refractivity contribution is -0.361. The zero-order valence-corrected chi connectivity index (χ0v) is 60.6. The summed E-state index contributed by atoms with van der Waals surface area (Å²) in [5, 5.41) is 30.4. The average molecular weight is 1270 g/mol. The highest BCUT2D eigenvalue weighted by molar-refractivity contribution is 6.11. The molecule has 0 fully saturated rings. The van der Waals surface area contributed by atoms with Crippen LogP contribution in [0.1, 0.15) is 218 Å². The second kappa shape index (κ2) is 24.4. The van der Waals surface area contributed by atoms with Gasteiger partial charge in [-0.1, -0.05) is 184 Å². The van der Waals surface area contributed by atoms with E-state index >= 15 is 8.78 Å². The highest BCUT2D eigenvalue weighted by atomic mass is 19.1. The summed E-state index contributed by atoms with van der Waals surface area (Å²) in [4.78, 5) is 0. The molecule has 8 heteroatoms. The van der Waals surface area contributed by atoms with E-state index in [1.165, 1.54) is 46.5 Å². The first-order valence-corrected chi connectivity index (χ1v) is 33.9. The average Bonchev–Trinajstić information content (AvgIpc) is 1.54. The second-order valence-corrected chi connectivity index (χ2v) is 35.1. The van der Waals surface area contributed by atoms with Crippen LogP contribution in [0.4, 0.5) is 8.78 Å². The van der Waals surface area contributed by atoms with E-state index < -0.39 is 11.6 Å². The third-order valence-electron chi connectivity index (χ3n) is 19.0. The van der Waals surface area contributed by atoms with Gasteiger partial charge in [-0.15, -0.1) is 0 Å². The normalized spacial score (nSPS) is 13.9. The molecule has 2 heterocycles. The molecule has 0 aliphatic rings. The first-order valence-electron chi connectivity index (χ1n) is 33.9. The lowest BCUT2D eigenvalue weighted by Gasteiger charge is -2.34. The van der Waals surface area contributed by atoms with Crippen LogP contribution < -0.4 is 0 Å². The zero-order valence-electron chi connectivity index (χ0n) is 60.6. The van der Waals surface area contributed by atoms with Gasteiger partial charge in [-0.3, -0.25) is 0 Å². The molecule has 0 bridgehead atoms. The quantitative estimate of drug-likeness (QED) is 0.0841. The third kappa shape index (κ3) is 14.2. The van der Waals surface area contributed by atoms with Crippen molar-refractivity contribution in [1.82, 2.24) is 9.13 Å². The van der Waals surface area contributed by atoms with Crippen LogP contribution in [-0.2, 0) is 41.3 Å². The van der Waals surface area contributed by atoms with Crippen molar-refractivity contribution in [2.75, 3.05) is 0 Å². The van der Waals surface area contributed by atoms with Gasteiger partial charge in [0, 0.05) is 44.8 Å². The Labute approximate surface area is 559 Å². The summed E-state index contributed by atoms with van der Waals surface area (Å²) >= 11 is 0. The van der Waals surface area contributed by atoms with Gasteiger partial charge in [-0.2, -0.15) is 0 Å². The number of carbonyl (C=O) groups excluding carboxylic acids is 2. The number of aldehydes is 2. The van der Waals surface area contributed by atoms with Crippen molar-refractivity contribution in [3.8, 4) is 56.6 Å². The van der Waals surface area contributed by atoms with E-state index in [2.05, 4.69) is 253 Å². The number of rotatable bonds is 14. The summed E-state index contributed by atoms with van der Waals surface area (Å²) in [6.45, 7) is 51.3. The number of halogens is 2. The molecule has 2 N–H and O–H groups in total. The van der Waals surface area contributed by atoms with Crippen molar-refractivity contribution in [3.05, 3.63) is 178 Å². The third-order valence-corrected chi connectivity index (χ3v) is 19.0. The molecule has 0 atom stereocenters. The monoisotopic (exact) mass is 1270 g/mol. The topological polar surface area (TPSA) is 72.9 Å². The Morgan fingerprint density at radius 1 is 0.362 bits per heavy atom. The number of phenolic OH excluding ortho intramolecular Hbond substituents is 2. The van der Waals surface area contributed by atoms with E-state index in [1.54, 1.807) is 24.7 Å². The van der Waals surface area contributed by atoms with Crippen molar-refractivity contribution in [3.63, 3.8) is 0 Å². The molecule has 10 rings (SSSR count). The molecule has 0 saturated heterocycles. The molecule has 10 aromatic rings. The number of hydrogen-bond donors (Lipinski definition) is 2. The summed E-state index contributed by atoms with van der Waals surface area (Å²) in [6, 6.07) is 44.0. The fourth-order valence-corrected chi connectivity index (χ4v) is 14.4. The fraction of sp³-hybridized carbons (Fsp3) is 0.419. The molecule has 494 valence electrons. The predicted octanol–water partition coefficient (Wildman–Crippen LogP) is 24.5. The summed E-state index contributed by atoms with van der Waals surface area (Å²) < 4.78 is 49.3. The van der Waals surface area contributed by atoms with Gasteiger partial charge < -0.3 is 19.3 Å². The first kappa shape index (κ1) is 69.0. The van der Waals surface area contributed by atoms with Gasteiger partial charge in [0.05, 0.1) is 57.4 Å². The maximum atomic E-state index is 15.9. The minimum atomic E-state index is -0.453. The standard InChI is InChI=1S/C86H102F2N2O4/c1-52(36-38-93-75-34-28-59(87)48-65(75)67-44-57(85(20,21)50-79(2,3)4)46-73(77(67)91)89-69-30-24-53(81(8,9)10)40-61(69)62-41-54(82(11,12)13)25-31-70(62)89)37-39-94-76-35-29-60(88)49-66(76)68-45-58(86(22,23)51-80(5,6)7)47-74(78(68)92)90-71-32-26-55(83(14,15)16)42-63(71)64-43-56(84(17,18)19)27-33-72(64)90/h24-35,38-49,52H,36-37,50-51H2,1-23H3/p+2. The molecular formula is C86H104F2N2O4+2. The van der Waals surface area contributed by atoms with E-state index in [-0.39, 0.29) is 60.7 Å². The summed E-state index contributed by atoms with van der Waals surface area (Å²) in [5.74, 6) is -0.0645. The summed E-state index contributed by atoms with van der Waals surface area (Å²) in [6.07, 6.45) is 6.14. The molecule has 0 aliphatic carbocycles. The van der Waals surface area contributed by atoms with E-state index in [9.17, 15) is 10.2 Å². The van der Waals surface area contributed by atoms with Crippen LogP contribution in [0.2, 0.25) is 0 Å². The van der Waals surface area contributed by atoms with Gasteiger partial charge in [0.2, 0.25) is 0 Å². The van der Waals surface area contributed by atoms with E-state index in [4.69, 9.17) is 8.85 Å². The lowest BCUT2D eigenvalue weighted by atomic mass is 9.71. The van der Waals surface area contributed by atoms with Gasteiger partial charge in [0.15, 0.2) is 0 Å². The molecule has 2 aromatic heterocycles. The number of benzene rings is 8. The molecule has 94 heavy (non-hydrogen) atoms. The second-order valence-electron chi connectivity index (χ2n) is 35.1. The molecule has 6 nitrogen and oxygen atoms in total. The van der Waals surface area contributed by atoms with Gasteiger partial charge >= 0.3 is 11.5 Å². The molecule has 0 radical (unpaired) electrons. The number of phenols is 2. The maximum Gasteiger partial charge on any atom is 0.360 e. The van der Waals surface area contributed by atoms with Crippen LogP contribution in [0, 0.1) is 28.4 Å². The van der Waals surface area contributed by atoms with E-state index in [0.29, 0.717) is 58.0 Å². The molecule has 0 unspecified atom stereocenters. The fourth-order valence-electron chi connectivity index (χ4n) is 14.4. The summed E-state index contributed by atoms with van der Waals surface area (Å²) in [5.41, 5.74) is 12.6. The number of hydrogen-bond acceptors (Lipinski definition) is 2. The molecular weight excluding hydrogens is 1160 g/mol. The molecule has 0 amide bonds. The van der Waals surface area contributed by atoms with Gasteiger partial charge in [0.1, 0.15) is 23.1 Å². The Kier molecular flexibility index (Phi) is 17.9. The zero-order chi connectivity index (χ0) is 69.0. The van der Waals surface area contributed by atoms with E-state index in [0.717, 1.165) is 67.6 Å². The first-order chi connectivity index (χ1) is 43.4. The van der Waals surface area contributed by atoms with Gasteiger partial charge in [-0.25, -0.2) is 17.6 Å². The minimum Gasteiger partial charge on any atom is -0.505 e. The number of fused-ring (bicyclic) bond motifs is 6. The van der Waals surface area contributed by atoms with Crippen LogP contribution in [0.15, 0.2) is 133 Å². The smallest absolute Gasteiger partial charge is 0.360 e. The van der Waals surface area contributed by atoms with Crippen molar-refractivity contribution in [2.24, 2.45) is 16.7 Å². The van der Waals surface area contributed by atoms with Crippen molar-refractivity contribution in [1.29, 1.82) is 0 Å². The predicted molar refractivity (Wildman–Crippen MR) is 394 cm³/mol. The van der Waals surface area contributed by atoms with Crippen LogP contribution >= 0.6 is 0 Å². The SMILES string of the molecule is CC(CC=[O+]c1ccc(F)cc1-c1cc(C(C)(C)CC(C)(C)C)cc(-n2c3ccc(C(C)(C)C)cc3c3cc(C(C)(C)C)ccc32)c1O)CC=[O+]c1ccc(F)cc1-c1cc(C(C)(C)CC(C)(C)C)cc(-n2c3ccc(C(C)(C)C)cc3c3cc(C(C)(C)C)ccc32)c1O. The molecule has 0 saturated carbocycles. The van der Waals surface area contributed by atoms with Crippen molar-refractivity contribution >= 4 is 56.2 Å². The van der Waals surface area contributed by atoms with Gasteiger partial charge in [0.25, 0.3) is 12.6 Å². The lowest BCUT2D eigenvalue weighted by Crippen LogP contribution is -2.25.